The van der Waals surface area contributed by atoms with Crippen LogP contribution in [0.2, 0.25) is 5.02 Å². The summed E-state index contributed by atoms with van der Waals surface area (Å²) in [4.78, 5) is 13.9. The second-order valence-corrected chi connectivity index (χ2v) is 5.22. The standard InChI is InChI=1S/C16H15ClN2O/c1-5-12-7-13(17)6-9(2)15(12)19-11(4)10(3)14(8-18)16(19)20/h6-7H,4-5H2,1-3H3. The maximum atomic E-state index is 12.4. The Balaban J connectivity index is 2.64. The van der Waals surface area contributed by atoms with Crippen LogP contribution in [0, 0.1) is 18.3 Å². The lowest BCUT2D eigenvalue weighted by Crippen LogP contribution is -2.26. The van der Waals surface area contributed by atoms with Crippen molar-refractivity contribution in [3.8, 4) is 6.07 Å². The SMILES string of the molecule is C=C1C(C)=C(C#N)C(=O)N1c1c(C)cc(Cl)cc1CC. The highest BCUT2D eigenvalue weighted by Gasteiger charge is 2.34. The number of halogens is 1. The van der Waals surface area contributed by atoms with Crippen LogP contribution in [0.4, 0.5) is 5.69 Å². The van der Waals surface area contributed by atoms with Crippen molar-refractivity contribution in [3.05, 3.63) is 51.7 Å². The number of rotatable bonds is 2. The topological polar surface area (TPSA) is 44.1 Å². The van der Waals surface area contributed by atoms with Crippen molar-refractivity contribution in [2.24, 2.45) is 0 Å². The van der Waals surface area contributed by atoms with E-state index >= 15 is 0 Å². The molecule has 0 atom stereocenters. The van der Waals surface area contributed by atoms with E-state index in [1.807, 2.05) is 32.0 Å². The summed E-state index contributed by atoms with van der Waals surface area (Å²) < 4.78 is 0. The third-order valence-electron chi connectivity index (χ3n) is 3.56. The molecule has 0 saturated heterocycles. The number of amides is 1. The smallest absolute Gasteiger partial charge is 0.273 e. The Morgan fingerprint density at radius 2 is 2.05 bits per heavy atom. The molecule has 1 aliphatic rings. The minimum absolute atomic E-state index is 0.159. The van der Waals surface area contributed by atoms with Crippen LogP contribution in [-0.2, 0) is 11.2 Å². The summed E-state index contributed by atoms with van der Waals surface area (Å²) >= 11 is 6.08. The molecular formula is C16H15ClN2O. The van der Waals surface area contributed by atoms with E-state index in [1.165, 1.54) is 4.90 Å². The third kappa shape index (κ3) is 2.03. The van der Waals surface area contributed by atoms with Gasteiger partial charge in [-0.15, -0.1) is 0 Å². The zero-order valence-electron chi connectivity index (χ0n) is 11.7. The summed E-state index contributed by atoms with van der Waals surface area (Å²) in [5.41, 5.74) is 4.01. The molecule has 20 heavy (non-hydrogen) atoms. The number of anilines is 1. The lowest BCUT2D eigenvalue weighted by Gasteiger charge is -2.24. The maximum absolute atomic E-state index is 12.4. The Labute approximate surface area is 123 Å². The van der Waals surface area contributed by atoms with E-state index in [0.717, 1.165) is 23.2 Å². The van der Waals surface area contributed by atoms with Crippen LogP contribution in [0.1, 0.15) is 25.0 Å². The van der Waals surface area contributed by atoms with Gasteiger partial charge < -0.3 is 0 Å². The number of nitrogens with zero attached hydrogens (tertiary/aromatic N) is 2. The zero-order chi connectivity index (χ0) is 15.0. The van der Waals surface area contributed by atoms with E-state index in [2.05, 4.69) is 6.58 Å². The Bertz CT molecular complexity index is 695. The van der Waals surface area contributed by atoms with Crippen molar-refractivity contribution in [1.29, 1.82) is 5.26 Å². The van der Waals surface area contributed by atoms with Crippen LogP contribution >= 0.6 is 11.6 Å². The normalized spacial score (nSPS) is 15.1. The highest BCUT2D eigenvalue weighted by Crippen LogP contribution is 2.38. The number of allylic oxidation sites excluding steroid dienone is 1. The average Bonchev–Trinajstić information content (AvgIpc) is 2.60. The van der Waals surface area contributed by atoms with Gasteiger partial charge >= 0.3 is 0 Å². The highest BCUT2D eigenvalue weighted by atomic mass is 35.5. The predicted octanol–water partition coefficient (Wildman–Crippen LogP) is 3.91. The molecule has 2 rings (SSSR count). The van der Waals surface area contributed by atoms with E-state index in [1.54, 1.807) is 6.92 Å². The fourth-order valence-corrected chi connectivity index (χ4v) is 2.76. The quantitative estimate of drug-likeness (QED) is 0.827. The van der Waals surface area contributed by atoms with Crippen LogP contribution in [0.25, 0.3) is 0 Å². The molecule has 0 spiro atoms. The molecule has 0 N–H and O–H groups in total. The van der Waals surface area contributed by atoms with Gasteiger partial charge in [0.1, 0.15) is 11.6 Å². The molecule has 4 heteroatoms. The molecule has 102 valence electrons. The first-order chi connectivity index (χ1) is 9.42. The molecule has 1 amide bonds. The molecule has 0 bridgehead atoms. The van der Waals surface area contributed by atoms with Gasteiger partial charge in [0.05, 0.1) is 5.69 Å². The van der Waals surface area contributed by atoms with Gasteiger partial charge in [-0.2, -0.15) is 5.26 Å². The Hall–Kier alpha value is -2.05. The van der Waals surface area contributed by atoms with Crippen LogP contribution in [0.5, 0.6) is 0 Å². The number of aryl methyl sites for hydroxylation is 2. The van der Waals surface area contributed by atoms with Gasteiger partial charge in [0.15, 0.2) is 0 Å². The summed E-state index contributed by atoms with van der Waals surface area (Å²) in [6, 6.07) is 5.63. The molecule has 1 aliphatic heterocycles. The van der Waals surface area contributed by atoms with E-state index in [4.69, 9.17) is 16.9 Å². The Morgan fingerprint density at radius 1 is 1.40 bits per heavy atom. The van der Waals surface area contributed by atoms with Crippen molar-refractivity contribution >= 4 is 23.2 Å². The number of carbonyl (C=O) groups excluding carboxylic acids is 1. The van der Waals surface area contributed by atoms with Gasteiger partial charge in [-0.05, 0) is 49.1 Å². The number of hydrogen-bond acceptors (Lipinski definition) is 2. The van der Waals surface area contributed by atoms with E-state index in [0.29, 0.717) is 16.3 Å². The average molecular weight is 287 g/mol. The molecule has 3 nitrogen and oxygen atoms in total. The van der Waals surface area contributed by atoms with E-state index < -0.39 is 0 Å². The number of nitriles is 1. The first kappa shape index (κ1) is 14.4. The molecule has 0 radical (unpaired) electrons. The highest BCUT2D eigenvalue weighted by molar-refractivity contribution is 6.31. The summed E-state index contributed by atoms with van der Waals surface area (Å²) in [5, 5.41) is 9.76. The summed E-state index contributed by atoms with van der Waals surface area (Å²) in [7, 11) is 0. The second kappa shape index (κ2) is 5.15. The van der Waals surface area contributed by atoms with Gasteiger partial charge in [0, 0.05) is 10.7 Å². The van der Waals surface area contributed by atoms with Crippen LogP contribution in [0.3, 0.4) is 0 Å². The largest absolute Gasteiger partial charge is 0.276 e. The molecule has 0 unspecified atom stereocenters. The van der Waals surface area contributed by atoms with E-state index in [9.17, 15) is 4.79 Å². The van der Waals surface area contributed by atoms with Gasteiger partial charge in [-0.1, -0.05) is 25.1 Å². The predicted molar refractivity (Wildman–Crippen MR) is 80.5 cm³/mol. The molecule has 0 aromatic heterocycles. The minimum Gasteiger partial charge on any atom is -0.276 e. The molecular weight excluding hydrogens is 272 g/mol. The van der Waals surface area contributed by atoms with Gasteiger partial charge in [0.2, 0.25) is 0 Å². The van der Waals surface area contributed by atoms with Gasteiger partial charge in [-0.25, -0.2) is 0 Å². The summed E-state index contributed by atoms with van der Waals surface area (Å²) in [6.45, 7) is 9.60. The van der Waals surface area contributed by atoms with E-state index in [-0.39, 0.29) is 11.5 Å². The number of benzene rings is 1. The molecule has 1 aromatic rings. The van der Waals surface area contributed by atoms with Crippen molar-refractivity contribution < 1.29 is 4.79 Å². The van der Waals surface area contributed by atoms with Gasteiger partial charge in [-0.3, -0.25) is 9.69 Å². The third-order valence-corrected chi connectivity index (χ3v) is 3.77. The van der Waals surface area contributed by atoms with Crippen LogP contribution in [-0.4, -0.2) is 5.91 Å². The van der Waals surface area contributed by atoms with Crippen molar-refractivity contribution in [2.45, 2.75) is 27.2 Å². The van der Waals surface area contributed by atoms with Crippen molar-refractivity contribution in [2.75, 3.05) is 4.90 Å². The first-order valence-corrected chi connectivity index (χ1v) is 6.73. The monoisotopic (exact) mass is 286 g/mol. The van der Waals surface area contributed by atoms with Gasteiger partial charge in [0.25, 0.3) is 5.91 Å². The fourth-order valence-electron chi connectivity index (χ4n) is 2.47. The number of hydrogen-bond donors (Lipinski definition) is 0. The molecule has 0 fully saturated rings. The van der Waals surface area contributed by atoms with Crippen molar-refractivity contribution in [1.82, 2.24) is 0 Å². The Morgan fingerprint density at radius 3 is 2.55 bits per heavy atom. The van der Waals surface area contributed by atoms with Crippen LogP contribution in [0.15, 0.2) is 35.6 Å². The molecule has 1 heterocycles. The second-order valence-electron chi connectivity index (χ2n) is 4.78. The lowest BCUT2D eigenvalue weighted by molar-refractivity contribution is -0.113. The van der Waals surface area contributed by atoms with Crippen LogP contribution < -0.4 is 4.90 Å². The maximum Gasteiger partial charge on any atom is 0.273 e. The minimum atomic E-state index is -0.310. The molecule has 0 saturated carbocycles. The molecule has 1 aromatic carbocycles. The molecule has 0 aliphatic carbocycles. The summed E-state index contributed by atoms with van der Waals surface area (Å²) in [5.74, 6) is -0.310. The number of carbonyl (C=O) groups is 1. The summed E-state index contributed by atoms with van der Waals surface area (Å²) in [6.07, 6.45) is 0.745. The fraction of sp³-hybridized carbons (Fsp3) is 0.250. The first-order valence-electron chi connectivity index (χ1n) is 6.36. The lowest BCUT2D eigenvalue weighted by atomic mass is 10.0. The zero-order valence-corrected chi connectivity index (χ0v) is 12.5. The Kier molecular flexibility index (Phi) is 3.69. The van der Waals surface area contributed by atoms with Crippen molar-refractivity contribution in [3.63, 3.8) is 0 Å².